The Morgan fingerprint density at radius 3 is 2.77 bits per heavy atom. The van der Waals surface area contributed by atoms with E-state index in [4.69, 9.17) is 0 Å². The number of hydrogen-bond acceptors (Lipinski definition) is 4. The molecule has 1 saturated heterocycles. The number of anilines is 2. The Balaban J connectivity index is 1.58. The summed E-state index contributed by atoms with van der Waals surface area (Å²) in [6, 6.07) is 14.1. The van der Waals surface area contributed by atoms with Crippen molar-refractivity contribution in [1.82, 2.24) is 9.97 Å². The molecule has 3 aromatic rings. The van der Waals surface area contributed by atoms with Gasteiger partial charge in [-0.15, -0.1) is 0 Å². The van der Waals surface area contributed by atoms with Gasteiger partial charge in [-0.3, -0.25) is 14.4 Å². The van der Waals surface area contributed by atoms with Crippen LogP contribution in [0.4, 0.5) is 11.6 Å². The van der Waals surface area contributed by atoms with E-state index < -0.39 is 10.0 Å². The highest BCUT2D eigenvalue weighted by molar-refractivity contribution is 7.92. The number of amides is 1. The van der Waals surface area contributed by atoms with E-state index in [0.29, 0.717) is 30.2 Å². The number of aromatic amines is 1. The van der Waals surface area contributed by atoms with Crippen LogP contribution in [0.15, 0.2) is 48.5 Å². The van der Waals surface area contributed by atoms with Gasteiger partial charge in [-0.1, -0.05) is 18.2 Å². The SMILES string of the molecule is O=C(Nc1nc2ccccc2[nH]1)c1cccc(N2CCCCS2(=O)=O)c1. The molecule has 0 unspecified atom stereocenters. The molecular formula is C18H18N4O3S. The van der Waals surface area contributed by atoms with Crippen molar-refractivity contribution < 1.29 is 13.2 Å². The minimum atomic E-state index is -3.31. The molecule has 7 nitrogen and oxygen atoms in total. The van der Waals surface area contributed by atoms with Crippen LogP contribution < -0.4 is 9.62 Å². The van der Waals surface area contributed by atoms with Crippen LogP contribution in [-0.4, -0.2) is 36.6 Å². The van der Waals surface area contributed by atoms with Crippen molar-refractivity contribution >= 4 is 38.6 Å². The van der Waals surface area contributed by atoms with Gasteiger partial charge in [0.05, 0.1) is 22.5 Å². The average molecular weight is 370 g/mol. The van der Waals surface area contributed by atoms with Gasteiger partial charge in [-0.05, 0) is 43.2 Å². The van der Waals surface area contributed by atoms with Gasteiger partial charge in [0.15, 0.2) is 0 Å². The zero-order chi connectivity index (χ0) is 18.1. The molecule has 8 heteroatoms. The van der Waals surface area contributed by atoms with Gasteiger partial charge in [-0.2, -0.15) is 0 Å². The Morgan fingerprint density at radius 2 is 1.96 bits per heavy atom. The summed E-state index contributed by atoms with van der Waals surface area (Å²) < 4.78 is 25.9. The number of rotatable bonds is 3. The van der Waals surface area contributed by atoms with E-state index in [9.17, 15) is 13.2 Å². The minimum absolute atomic E-state index is 0.141. The summed E-state index contributed by atoms with van der Waals surface area (Å²) in [4.78, 5) is 19.9. The van der Waals surface area contributed by atoms with Crippen LogP contribution in [0, 0.1) is 0 Å². The predicted octanol–water partition coefficient (Wildman–Crippen LogP) is 2.75. The molecule has 0 bridgehead atoms. The van der Waals surface area contributed by atoms with E-state index in [2.05, 4.69) is 15.3 Å². The van der Waals surface area contributed by atoms with Crippen LogP contribution in [0.1, 0.15) is 23.2 Å². The number of sulfonamides is 1. The molecule has 1 fully saturated rings. The third-order valence-corrected chi connectivity index (χ3v) is 6.24. The molecule has 0 atom stereocenters. The maximum absolute atomic E-state index is 12.5. The first-order valence-electron chi connectivity index (χ1n) is 8.39. The van der Waals surface area contributed by atoms with E-state index in [1.165, 1.54) is 4.31 Å². The third kappa shape index (κ3) is 3.15. The number of hydrogen-bond donors (Lipinski definition) is 2. The number of imidazole rings is 1. The normalized spacial score (nSPS) is 16.5. The summed E-state index contributed by atoms with van der Waals surface area (Å²) in [7, 11) is -3.31. The third-order valence-electron chi connectivity index (χ3n) is 4.37. The molecule has 0 saturated carbocycles. The first kappa shape index (κ1) is 16.6. The van der Waals surface area contributed by atoms with Gasteiger partial charge >= 0.3 is 0 Å². The van der Waals surface area contributed by atoms with E-state index in [-0.39, 0.29) is 11.7 Å². The Kier molecular flexibility index (Phi) is 4.12. The lowest BCUT2D eigenvalue weighted by molar-refractivity contribution is 0.102. The molecule has 1 amide bonds. The summed E-state index contributed by atoms with van der Waals surface area (Å²) in [6.45, 7) is 0.441. The van der Waals surface area contributed by atoms with E-state index in [1.807, 2.05) is 24.3 Å². The van der Waals surface area contributed by atoms with Gasteiger partial charge in [-0.25, -0.2) is 13.4 Å². The fourth-order valence-electron chi connectivity index (χ4n) is 3.07. The first-order chi connectivity index (χ1) is 12.5. The lowest BCUT2D eigenvalue weighted by Gasteiger charge is -2.28. The minimum Gasteiger partial charge on any atom is -0.324 e. The van der Waals surface area contributed by atoms with E-state index in [1.54, 1.807) is 24.3 Å². The second-order valence-electron chi connectivity index (χ2n) is 6.20. The molecule has 26 heavy (non-hydrogen) atoms. The van der Waals surface area contributed by atoms with Crippen molar-refractivity contribution in [2.24, 2.45) is 0 Å². The highest BCUT2D eigenvalue weighted by Gasteiger charge is 2.26. The lowest BCUT2D eigenvalue weighted by Crippen LogP contribution is -2.37. The van der Waals surface area contributed by atoms with Crippen molar-refractivity contribution in [2.75, 3.05) is 21.9 Å². The van der Waals surface area contributed by atoms with Gasteiger partial charge in [0, 0.05) is 12.1 Å². The average Bonchev–Trinajstić information content (AvgIpc) is 3.03. The Hall–Kier alpha value is -2.87. The largest absolute Gasteiger partial charge is 0.324 e. The fourth-order valence-corrected chi connectivity index (χ4v) is 4.70. The van der Waals surface area contributed by atoms with E-state index >= 15 is 0 Å². The zero-order valence-corrected chi connectivity index (χ0v) is 14.8. The quantitative estimate of drug-likeness (QED) is 0.741. The maximum Gasteiger partial charge on any atom is 0.258 e. The summed E-state index contributed by atoms with van der Waals surface area (Å²) in [5, 5.41) is 2.72. The highest BCUT2D eigenvalue weighted by Crippen LogP contribution is 2.24. The predicted molar refractivity (Wildman–Crippen MR) is 101 cm³/mol. The number of nitrogens with zero attached hydrogens (tertiary/aromatic N) is 2. The molecule has 4 rings (SSSR count). The summed E-state index contributed by atoms with van der Waals surface area (Å²) >= 11 is 0. The summed E-state index contributed by atoms with van der Waals surface area (Å²) in [5.74, 6) is 0.148. The Labute approximate surface area is 151 Å². The van der Waals surface area contributed by atoms with Crippen LogP contribution >= 0.6 is 0 Å². The maximum atomic E-state index is 12.5. The number of para-hydroxylation sites is 2. The second-order valence-corrected chi connectivity index (χ2v) is 8.22. The monoisotopic (exact) mass is 370 g/mol. The van der Waals surface area contributed by atoms with Crippen LogP contribution in [0.25, 0.3) is 11.0 Å². The molecular weight excluding hydrogens is 352 g/mol. The highest BCUT2D eigenvalue weighted by atomic mass is 32.2. The molecule has 1 aliphatic heterocycles. The molecule has 0 radical (unpaired) electrons. The smallest absolute Gasteiger partial charge is 0.258 e. The van der Waals surface area contributed by atoms with E-state index in [0.717, 1.165) is 17.5 Å². The lowest BCUT2D eigenvalue weighted by atomic mass is 10.2. The molecule has 1 aliphatic rings. The van der Waals surface area contributed by atoms with Gasteiger partial charge in [0.25, 0.3) is 5.91 Å². The van der Waals surface area contributed by atoms with Gasteiger partial charge < -0.3 is 4.98 Å². The fraction of sp³-hybridized carbons (Fsp3) is 0.222. The molecule has 1 aromatic heterocycles. The van der Waals surface area contributed by atoms with Crippen molar-refractivity contribution in [2.45, 2.75) is 12.8 Å². The standard InChI is InChI=1S/C18H18N4O3S/c23-17(21-18-19-15-8-1-2-9-16(15)20-18)13-6-5-7-14(12-13)22-10-3-4-11-26(22,24)25/h1-2,5-9,12H,3-4,10-11H2,(H2,19,20,21,23). The van der Waals surface area contributed by atoms with Crippen molar-refractivity contribution in [1.29, 1.82) is 0 Å². The summed E-state index contributed by atoms with van der Waals surface area (Å²) in [6.07, 6.45) is 1.49. The van der Waals surface area contributed by atoms with Crippen LogP contribution in [0.3, 0.4) is 0 Å². The van der Waals surface area contributed by atoms with Crippen molar-refractivity contribution in [3.05, 3.63) is 54.1 Å². The van der Waals surface area contributed by atoms with Crippen LogP contribution in [0.2, 0.25) is 0 Å². The second kappa shape index (κ2) is 6.45. The number of H-pyrrole nitrogens is 1. The number of nitrogens with one attached hydrogen (secondary N) is 2. The first-order valence-corrected chi connectivity index (χ1v) is 10.0. The molecule has 0 spiro atoms. The molecule has 134 valence electrons. The van der Waals surface area contributed by atoms with Gasteiger partial charge in [0.2, 0.25) is 16.0 Å². The summed E-state index contributed by atoms with van der Waals surface area (Å²) in [5.41, 5.74) is 2.48. The number of benzene rings is 2. The molecule has 2 heterocycles. The zero-order valence-electron chi connectivity index (χ0n) is 14.0. The van der Waals surface area contributed by atoms with Gasteiger partial charge in [0.1, 0.15) is 0 Å². The number of carbonyl (C=O) groups is 1. The Morgan fingerprint density at radius 1 is 1.12 bits per heavy atom. The molecule has 0 aliphatic carbocycles. The number of aromatic nitrogens is 2. The number of fused-ring (bicyclic) bond motifs is 1. The Bertz CT molecular complexity index is 1040. The van der Waals surface area contributed by atoms with Crippen molar-refractivity contribution in [3.63, 3.8) is 0 Å². The van der Waals surface area contributed by atoms with Crippen LogP contribution in [0.5, 0.6) is 0 Å². The number of carbonyl (C=O) groups excluding carboxylic acids is 1. The molecule has 2 N–H and O–H groups in total. The molecule has 2 aromatic carbocycles. The van der Waals surface area contributed by atoms with Crippen molar-refractivity contribution in [3.8, 4) is 0 Å². The van der Waals surface area contributed by atoms with Crippen LogP contribution in [-0.2, 0) is 10.0 Å². The topological polar surface area (TPSA) is 95.2 Å².